The third-order valence-corrected chi connectivity index (χ3v) is 3.60. The van der Waals surface area contributed by atoms with Crippen LogP contribution in [0.2, 0.25) is 0 Å². The van der Waals surface area contributed by atoms with Gasteiger partial charge in [0, 0.05) is 5.56 Å². The van der Waals surface area contributed by atoms with E-state index in [0.29, 0.717) is 6.61 Å². The van der Waals surface area contributed by atoms with E-state index >= 15 is 0 Å². The number of nitrogens with one attached hydrogen (secondary N) is 1. The van der Waals surface area contributed by atoms with Crippen LogP contribution in [0.15, 0.2) is 48.5 Å². The molecule has 0 saturated carbocycles. The molecule has 1 atom stereocenters. The van der Waals surface area contributed by atoms with Crippen LogP contribution in [0.4, 0.5) is 0 Å². The second-order valence-electron chi connectivity index (χ2n) is 5.11. The zero-order valence-corrected chi connectivity index (χ0v) is 11.4. The zero-order chi connectivity index (χ0) is 13.9. The average Bonchev–Trinajstić information content (AvgIpc) is 2.47. The predicted octanol–water partition coefficient (Wildman–Crippen LogP) is 2.73. The minimum Gasteiger partial charge on any atom is -0.491 e. The number of amides is 1. The first-order valence-electron chi connectivity index (χ1n) is 6.81. The van der Waals surface area contributed by atoms with Gasteiger partial charge in [-0.1, -0.05) is 36.4 Å². The van der Waals surface area contributed by atoms with Gasteiger partial charge in [-0.2, -0.15) is 0 Å². The van der Waals surface area contributed by atoms with Crippen molar-refractivity contribution in [2.75, 3.05) is 6.61 Å². The normalized spacial score (nSPS) is 16.9. The average molecular weight is 267 g/mol. The number of ether oxygens (including phenoxy) is 1. The van der Waals surface area contributed by atoms with Gasteiger partial charge in [-0.25, -0.2) is 0 Å². The summed E-state index contributed by atoms with van der Waals surface area (Å²) in [5.41, 5.74) is 2.86. The lowest BCUT2D eigenvalue weighted by molar-refractivity contribution is 0.0915. The summed E-state index contributed by atoms with van der Waals surface area (Å²) in [6.45, 7) is 2.47. The highest BCUT2D eigenvalue weighted by Gasteiger charge is 2.21. The summed E-state index contributed by atoms with van der Waals surface area (Å²) in [5.74, 6) is 0.893. The van der Waals surface area contributed by atoms with Crippen molar-refractivity contribution in [1.29, 1.82) is 0 Å². The van der Waals surface area contributed by atoms with Crippen molar-refractivity contribution in [1.82, 2.24) is 5.32 Å². The molecule has 1 amide bonds. The number of carbonyl (C=O) groups is 1. The standard InChI is InChI=1S/C17H17NO2/c1-12-6-2-4-8-15(12)17(19)18-14-10-13-7-3-5-9-16(13)20-11-14/h2-9,14H,10-11H2,1H3,(H,18,19). The molecule has 3 nitrogen and oxygen atoms in total. The maximum atomic E-state index is 12.3. The Morgan fingerprint density at radius 2 is 1.90 bits per heavy atom. The predicted molar refractivity (Wildman–Crippen MR) is 78.1 cm³/mol. The van der Waals surface area contributed by atoms with Crippen LogP contribution in [0.5, 0.6) is 5.75 Å². The van der Waals surface area contributed by atoms with E-state index in [-0.39, 0.29) is 11.9 Å². The Bertz CT molecular complexity index is 636. The molecule has 3 heteroatoms. The van der Waals surface area contributed by atoms with Crippen molar-refractivity contribution in [2.24, 2.45) is 0 Å². The number of carbonyl (C=O) groups excluding carboxylic acids is 1. The number of hydrogen-bond acceptors (Lipinski definition) is 2. The lowest BCUT2D eigenvalue weighted by Gasteiger charge is -2.26. The number of aryl methyl sites for hydroxylation is 1. The minimum atomic E-state index is -0.0314. The highest BCUT2D eigenvalue weighted by molar-refractivity contribution is 5.95. The Balaban J connectivity index is 1.71. The monoisotopic (exact) mass is 267 g/mol. The molecule has 0 aromatic heterocycles. The SMILES string of the molecule is Cc1ccccc1C(=O)NC1COc2ccccc2C1. The molecule has 0 fully saturated rings. The third-order valence-electron chi connectivity index (χ3n) is 3.60. The van der Waals surface area contributed by atoms with Crippen LogP contribution in [-0.4, -0.2) is 18.6 Å². The minimum absolute atomic E-state index is 0.0250. The van der Waals surface area contributed by atoms with Crippen LogP contribution in [0, 0.1) is 6.92 Å². The molecule has 3 rings (SSSR count). The molecule has 0 aliphatic carbocycles. The molecule has 1 unspecified atom stereocenters. The van der Waals surface area contributed by atoms with E-state index in [1.165, 1.54) is 0 Å². The van der Waals surface area contributed by atoms with Gasteiger partial charge in [0.1, 0.15) is 12.4 Å². The van der Waals surface area contributed by atoms with Gasteiger partial charge in [0.25, 0.3) is 5.91 Å². The number of para-hydroxylation sites is 1. The van der Waals surface area contributed by atoms with E-state index in [9.17, 15) is 4.79 Å². The Hall–Kier alpha value is -2.29. The van der Waals surface area contributed by atoms with Crippen molar-refractivity contribution < 1.29 is 9.53 Å². The fraction of sp³-hybridized carbons (Fsp3) is 0.235. The van der Waals surface area contributed by atoms with Gasteiger partial charge in [0.2, 0.25) is 0 Å². The van der Waals surface area contributed by atoms with Crippen molar-refractivity contribution in [2.45, 2.75) is 19.4 Å². The zero-order valence-electron chi connectivity index (χ0n) is 11.4. The fourth-order valence-electron chi connectivity index (χ4n) is 2.51. The molecular formula is C17H17NO2. The largest absolute Gasteiger partial charge is 0.491 e. The number of rotatable bonds is 2. The van der Waals surface area contributed by atoms with E-state index in [1.807, 2.05) is 55.5 Å². The maximum absolute atomic E-state index is 12.3. The van der Waals surface area contributed by atoms with Gasteiger partial charge in [-0.05, 0) is 36.6 Å². The van der Waals surface area contributed by atoms with Gasteiger partial charge < -0.3 is 10.1 Å². The maximum Gasteiger partial charge on any atom is 0.251 e. The second kappa shape index (κ2) is 5.37. The Morgan fingerprint density at radius 3 is 2.75 bits per heavy atom. The molecule has 1 heterocycles. The number of benzene rings is 2. The van der Waals surface area contributed by atoms with E-state index in [0.717, 1.165) is 28.9 Å². The molecule has 1 aliphatic rings. The van der Waals surface area contributed by atoms with Crippen molar-refractivity contribution >= 4 is 5.91 Å². The van der Waals surface area contributed by atoms with Crippen molar-refractivity contribution in [3.8, 4) is 5.75 Å². The van der Waals surface area contributed by atoms with Gasteiger partial charge in [0.05, 0.1) is 6.04 Å². The van der Waals surface area contributed by atoms with Crippen LogP contribution in [0.3, 0.4) is 0 Å². The summed E-state index contributed by atoms with van der Waals surface area (Å²) in [4.78, 5) is 12.3. The topological polar surface area (TPSA) is 38.3 Å². The third kappa shape index (κ3) is 2.52. The molecule has 1 aliphatic heterocycles. The number of fused-ring (bicyclic) bond motifs is 1. The van der Waals surface area contributed by atoms with Crippen molar-refractivity contribution in [3.05, 3.63) is 65.2 Å². The smallest absolute Gasteiger partial charge is 0.251 e. The summed E-state index contributed by atoms with van der Waals surface area (Å²) in [6, 6.07) is 15.6. The van der Waals surface area contributed by atoms with Gasteiger partial charge >= 0.3 is 0 Å². The van der Waals surface area contributed by atoms with Crippen LogP contribution >= 0.6 is 0 Å². The highest BCUT2D eigenvalue weighted by atomic mass is 16.5. The Morgan fingerprint density at radius 1 is 1.15 bits per heavy atom. The molecule has 0 bridgehead atoms. The quantitative estimate of drug-likeness (QED) is 0.908. The van der Waals surface area contributed by atoms with Crippen LogP contribution < -0.4 is 10.1 Å². The van der Waals surface area contributed by atoms with Gasteiger partial charge in [-0.15, -0.1) is 0 Å². The van der Waals surface area contributed by atoms with E-state index < -0.39 is 0 Å². The molecule has 20 heavy (non-hydrogen) atoms. The first-order valence-corrected chi connectivity index (χ1v) is 6.81. The van der Waals surface area contributed by atoms with E-state index in [4.69, 9.17) is 4.74 Å². The molecule has 2 aromatic carbocycles. The molecule has 1 N–H and O–H groups in total. The second-order valence-corrected chi connectivity index (χ2v) is 5.11. The molecule has 2 aromatic rings. The highest BCUT2D eigenvalue weighted by Crippen LogP contribution is 2.24. The van der Waals surface area contributed by atoms with Gasteiger partial charge in [-0.3, -0.25) is 4.79 Å². The molecule has 0 radical (unpaired) electrons. The summed E-state index contributed by atoms with van der Waals surface area (Å²) in [5, 5.41) is 3.05. The molecular weight excluding hydrogens is 250 g/mol. The lowest BCUT2D eigenvalue weighted by Crippen LogP contribution is -2.42. The summed E-state index contributed by atoms with van der Waals surface area (Å²) >= 11 is 0. The summed E-state index contributed by atoms with van der Waals surface area (Å²) < 4.78 is 5.69. The first-order chi connectivity index (χ1) is 9.74. The number of hydrogen-bond donors (Lipinski definition) is 1. The summed E-state index contributed by atoms with van der Waals surface area (Å²) in [6.07, 6.45) is 0.813. The molecule has 0 spiro atoms. The Kier molecular flexibility index (Phi) is 3.42. The van der Waals surface area contributed by atoms with Crippen LogP contribution in [-0.2, 0) is 6.42 Å². The summed E-state index contributed by atoms with van der Waals surface area (Å²) in [7, 11) is 0. The fourth-order valence-corrected chi connectivity index (χ4v) is 2.51. The van der Waals surface area contributed by atoms with Crippen LogP contribution in [0.1, 0.15) is 21.5 Å². The van der Waals surface area contributed by atoms with Crippen LogP contribution in [0.25, 0.3) is 0 Å². The van der Waals surface area contributed by atoms with Crippen molar-refractivity contribution in [3.63, 3.8) is 0 Å². The Labute approximate surface area is 118 Å². The van der Waals surface area contributed by atoms with Gasteiger partial charge in [0.15, 0.2) is 0 Å². The molecule has 0 saturated heterocycles. The molecule has 102 valence electrons. The lowest BCUT2D eigenvalue weighted by atomic mass is 10.0. The first kappa shape index (κ1) is 12.7. The van der Waals surface area contributed by atoms with E-state index in [1.54, 1.807) is 0 Å². The van der Waals surface area contributed by atoms with E-state index in [2.05, 4.69) is 5.32 Å².